The largest absolute Gasteiger partial charge is 0.493 e. The molecule has 0 aliphatic carbocycles. The molecule has 2 aromatic carbocycles. The van der Waals surface area contributed by atoms with Crippen molar-refractivity contribution in [2.24, 2.45) is 10.8 Å². The zero-order valence-electron chi connectivity index (χ0n) is 30.6. The Labute approximate surface area is 321 Å². The minimum absolute atomic E-state index is 0.0592. The maximum atomic E-state index is 12.0. The molecule has 4 rings (SSSR count). The first-order valence-electron chi connectivity index (χ1n) is 17.1. The zero-order chi connectivity index (χ0) is 39.6. The normalized spacial score (nSPS) is 14.0. The van der Waals surface area contributed by atoms with Crippen LogP contribution in [0.4, 0.5) is 0 Å². The van der Waals surface area contributed by atoms with E-state index in [1.54, 1.807) is 24.3 Å². The number of amides is 1. The van der Waals surface area contributed by atoms with Gasteiger partial charge in [-0.15, -0.1) is 0 Å². The summed E-state index contributed by atoms with van der Waals surface area (Å²) in [4.78, 5) is 59.4. The number of nitrogens with zero attached hydrogens (tertiary/aromatic N) is 1. The van der Waals surface area contributed by atoms with Crippen molar-refractivity contribution in [2.45, 2.75) is 88.6 Å². The second-order valence-electron chi connectivity index (χ2n) is 13.5. The van der Waals surface area contributed by atoms with Gasteiger partial charge in [-0.05, 0) is 37.1 Å². The Bertz CT molecular complexity index is 1600. The molecule has 0 atom stereocenters. The second kappa shape index (κ2) is 22.1. The lowest BCUT2D eigenvalue weighted by molar-refractivity contribution is -0.138. The summed E-state index contributed by atoms with van der Waals surface area (Å²) in [5.41, 5.74) is 4.34. The van der Waals surface area contributed by atoms with Gasteiger partial charge >= 0.3 is 11.9 Å². The first kappa shape index (κ1) is 44.9. The van der Waals surface area contributed by atoms with Gasteiger partial charge < -0.3 is 29.2 Å². The summed E-state index contributed by atoms with van der Waals surface area (Å²) in [6.45, 7) is 9.22. The first-order valence-corrected chi connectivity index (χ1v) is 18.0. The van der Waals surface area contributed by atoms with Gasteiger partial charge in [0.25, 0.3) is 0 Å². The monoisotopic (exact) mass is 777 g/mol. The van der Waals surface area contributed by atoms with Crippen LogP contribution in [0.25, 0.3) is 0 Å². The van der Waals surface area contributed by atoms with Gasteiger partial charge in [0.15, 0.2) is 11.6 Å². The lowest BCUT2D eigenvalue weighted by atomic mass is 10.0. The van der Waals surface area contributed by atoms with Gasteiger partial charge in [-0.3, -0.25) is 34.4 Å². The van der Waals surface area contributed by atoms with E-state index in [9.17, 15) is 24.0 Å². The highest BCUT2D eigenvalue weighted by atomic mass is 32.1. The van der Waals surface area contributed by atoms with Crippen molar-refractivity contribution in [3.05, 3.63) is 47.5 Å². The molecule has 14 nitrogen and oxygen atoms in total. The fourth-order valence-electron chi connectivity index (χ4n) is 4.83. The van der Waals surface area contributed by atoms with Gasteiger partial charge in [-0.25, -0.2) is 5.84 Å². The zero-order valence-corrected chi connectivity index (χ0v) is 32.4. The van der Waals surface area contributed by atoms with E-state index in [4.69, 9.17) is 35.0 Å². The van der Waals surface area contributed by atoms with E-state index in [1.807, 2.05) is 45.3 Å². The number of carboxylic acid groups (broad SMARTS) is 2. The number of nitrogens with one attached hydrogen (secondary N) is 1. The Kier molecular flexibility index (Phi) is 18.7. The number of fused-ring (bicyclic) bond motifs is 2. The number of benzene rings is 2. The number of carbonyl (C=O) groups is 5. The van der Waals surface area contributed by atoms with Crippen molar-refractivity contribution in [2.75, 3.05) is 33.0 Å². The molecule has 0 radical (unpaired) electrons. The summed E-state index contributed by atoms with van der Waals surface area (Å²) in [7, 11) is 0. The van der Waals surface area contributed by atoms with Crippen LogP contribution in [0, 0.1) is 0 Å². The maximum Gasteiger partial charge on any atom is 0.303 e. The number of nitrogens with two attached hydrogens (primary N) is 1. The molecular formula is C37H51N3O11S2. The lowest BCUT2D eigenvalue weighted by Crippen LogP contribution is -2.34. The molecule has 0 bridgehead atoms. The second-order valence-corrected chi connectivity index (χ2v) is 15.9. The third-order valence-electron chi connectivity index (χ3n) is 7.14. The van der Waals surface area contributed by atoms with Gasteiger partial charge in [-0.1, -0.05) is 27.7 Å². The van der Waals surface area contributed by atoms with Crippen LogP contribution in [0.2, 0.25) is 0 Å². The Morgan fingerprint density at radius 3 is 1.77 bits per heavy atom. The summed E-state index contributed by atoms with van der Waals surface area (Å²) in [6, 6.07) is 10.5. The standard InChI is InChI=1S/C19H25NO5S.C13H14O5.C5H12N2OS/c1-19(2,26)11-13(21)12-20-16-7-9-25-17-10-14(5-6-15(16)17)24-8-3-4-18(22)23;14-11-5-7-18-12-8-9(3-4-10(11)12)17-6-1-2-13(15)16;1-5(2,9)3-4(8)7-6/h5-6,10,26H,3-4,7-9,11-12H2,1-2H3,(H,22,23);3-4,8H,1-2,5-7H2,(H,15,16);9H,3,6H2,1-2H3,(H,7,8). The summed E-state index contributed by atoms with van der Waals surface area (Å²) in [5, 5.41) is 17.1. The van der Waals surface area contributed by atoms with Crippen LogP contribution >= 0.6 is 25.3 Å². The van der Waals surface area contributed by atoms with Crippen LogP contribution < -0.4 is 30.2 Å². The van der Waals surface area contributed by atoms with E-state index < -0.39 is 11.9 Å². The number of ether oxygens (including phenoxy) is 4. The number of Topliss-reactive ketones (excluding diaryl/α,β-unsaturated/α-hetero) is 2. The number of hydrogen-bond acceptors (Lipinski definition) is 13. The van der Waals surface area contributed by atoms with E-state index >= 15 is 0 Å². The van der Waals surface area contributed by atoms with Gasteiger partial charge in [0.2, 0.25) is 5.91 Å². The number of carboxylic acids is 2. The minimum Gasteiger partial charge on any atom is -0.493 e. The molecule has 2 aromatic rings. The summed E-state index contributed by atoms with van der Waals surface area (Å²) >= 11 is 8.51. The van der Waals surface area contributed by atoms with Crippen molar-refractivity contribution in [3.63, 3.8) is 0 Å². The van der Waals surface area contributed by atoms with Crippen LogP contribution in [0.1, 0.15) is 95.0 Å². The van der Waals surface area contributed by atoms with Crippen LogP contribution in [0.5, 0.6) is 23.0 Å². The smallest absolute Gasteiger partial charge is 0.303 e. The van der Waals surface area contributed by atoms with Crippen molar-refractivity contribution in [1.29, 1.82) is 0 Å². The average Bonchev–Trinajstić information content (AvgIpc) is 3.06. The Morgan fingerprint density at radius 2 is 1.30 bits per heavy atom. The van der Waals surface area contributed by atoms with Gasteiger partial charge in [0, 0.05) is 71.4 Å². The Morgan fingerprint density at radius 1 is 0.811 bits per heavy atom. The molecule has 2 heterocycles. The van der Waals surface area contributed by atoms with Gasteiger partial charge in [0.05, 0.1) is 38.5 Å². The molecular weight excluding hydrogens is 727 g/mol. The molecule has 0 unspecified atom stereocenters. The van der Waals surface area contributed by atoms with Crippen LogP contribution in [-0.2, 0) is 19.2 Å². The van der Waals surface area contributed by atoms with Crippen LogP contribution in [-0.4, -0.2) is 87.8 Å². The van der Waals surface area contributed by atoms with Crippen molar-refractivity contribution in [3.8, 4) is 23.0 Å². The number of rotatable bonds is 16. The number of ketones is 2. The van der Waals surface area contributed by atoms with Crippen molar-refractivity contribution < 1.29 is 53.1 Å². The maximum absolute atomic E-state index is 12.0. The Balaban J connectivity index is 0.000000310. The van der Waals surface area contributed by atoms with E-state index in [0.29, 0.717) is 93.5 Å². The SMILES string of the molecule is CC(C)(S)CC(=O)CN=C1CCOc2cc(OCCCC(=O)O)ccc21.CC(C)(S)CC(=O)NN.O=C(O)CCCOc1ccc2c(c1)OCCC2=O. The number of hydrogen-bond donors (Lipinski definition) is 6. The molecule has 5 N–H and O–H groups in total. The molecule has 0 aromatic heterocycles. The number of aliphatic carboxylic acids is 2. The molecule has 16 heteroatoms. The summed E-state index contributed by atoms with van der Waals surface area (Å²) < 4.78 is 21.4. The minimum atomic E-state index is -0.835. The number of carbonyl (C=O) groups excluding carboxylic acids is 3. The summed E-state index contributed by atoms with van der Waals surface area (Å²) in [6.07, 6.45) is 2.84. The topological polar surface area (TPSA) is 213 Å². The third kappa shape index (κ3) is 18.9. The van der Waals surface area contributed by atoms with Crippen LogP contribution in [0.3, 0.4) is 0 Å². The predicted octanol–water partition coefficient (Wildman–Crippen LogP) is 5.14. The molecule has 292 valence electrons. The number of thiol groups is 2. The predicted molar refractivity (Wildman–Crippen MR) is 206 cm³/mol. The molecule has 0 saturated carbocycles. The third-order valence-corrected chi connectivity index (χ3v) is 7.45. The van der Waals surface area contributed by atoms with E-state index in [1.165, 1.54) is 0 Å². The van der Waals surface area contributed by atoms with E-state index in [0.717, 1.165) is 11.3 Å². The van der Waals surface area contributed by atoms with Gasteiger partial charge in [-0.2, -0.15) is 25.3 Å². The Hall–Kier alpha value is -4.28. The van der Waals surface area contributed by atoms with Crippen molar-refractivity contribution >= 4 is 60.4 Å². The quantitative estimate of drug-likeness (QED) is 0.0430. The average molecular weight is 778 g/mol. The fourth-order valence-corrected chi connectivity index (χ4v) is 5.15. The van der Waals surface area contributed by atoms with E-state index in [-0.39, 0.29) is 46.4 Å². The molecule has 0 fully saturated rings. The first-order chi connectivity index (χ1) is 24.9. The molecule has 2 aliphatic heterocycles. The fraction of sp³-hybridized carbons (Fsp3) is 0.514. The molecule has 0 spiro atoms. The lowest BCUT2D eigenvalue weighted by Gasteiger charge is -2.20. The van der Waals surface area contributed by atoms with Gasteiger partial charge in [0.1, 0.15) is 23.0 Å². The number of aliphatic imine (C=N–C) groups is 1. The molecule has 0 saturated heterocycles. The molecule has 2 aliphatic rings. The summed E-state index contributed by atoms with van der Waals surface area (Å²) in [5.74, 6) is 5.56. The highest BCUT2D eigenvalue weighted by Gasteiger charge is 2.21. The highest BCUT2D eigenvalue weighted by molar-refractivity contribution is 7.82. The van der Waals surface area contributed by atoms with Crippen molar-refractivity contribution in [1.82, 2.24) is 5.43 Å². The van der Waals surface area contributed by atoms with Crippen LogP contribution in [0.15, 0.2) is 41.4 Å². The number of hydrazine groups is 1. The molecule has 1 amide bonds. The molecule has 53 heavy (non-hydrogen) atoms. The highest BCUT2D eigenvalue weighted by Crippen LogP contribution is 2.31. The van der Waals surface area contributed by atoms with E-state index in [2.05, 4.69) is 30.2 Å².